The van der Waals surface area contributed by atoms with Crippen LogP contribution in [0.1, 0.15) is 42.4 Å². The molecule has 11 nitrogen and oxygen atoms in total. The van der Waals surface area contributed by atoms with Crippen LogP contribution in [0.2, 0.25) is 0 Å². The Labute approximate surface area is 295 Å². The molecule has 3 aromatic rings. The van der Waals surface area contributed by atoms with Gasteiger partial charge < -0.3 is 23.8 Å². The van der Waals surface area contributed by atoms with Crippen molar-refractivity contribution in [1.82, 2.24) is 19.4 Å². The summed E-state index contributed by atoms with van der Waals surface area (Å²) in [5, 5.41) is 0.685. The summed E-state index contributed by atoms with van der Waals surface area (Å²) < 4.78 is 60.0. The van der Waals surface area contributed by atoms with Crippen LogP contribution in [0.3, 0.4) is 0 Å². The van der Waals surface area contributed by atoms with E-state index in [9.17, 15) is 14.4 Å². The zero-order valence-corrected chi connectivity index (χ0v) is 29.6. The van der Waals surface area contributed by atoms with Crippen LogP contribution in [0.4, 0.5) is 18.9 Å². The minimum Gasteiger partial charge on any atom is -0.496 e. The van der Waals surface area contributed by atoms with Gasteiger partial charge in [-0.25, -0.2) is 13.2 Å². The van der Waals surface area contributed by atoms with Crippen LogP contribution >= 0.6 is 0 Å². The lowest BCUT2D eigenvalue weighted by atomic mass is 9.95. The molecule has 0 bridgehead atoms. The number of likely N-dealkylation sites (tertiary alicyclic amines) is 1. The quantitative estimate of drug-likeness (QED) is 0.293. The number of aryl methyl sites for hydroxylation is 1. The van der Waals surface area contributed by atoms with Gasteiger partial charge >= 0.3 is 0 Å². The summed E-state index contributed by atoms with van der Waals surface area (Å²) in [4.78, 5) is 47.3. The molecule has 0 aliphatic carbocycles. The molecule has 0 spiro atoms. The minimum absolute atomic E-state index is 0.0329. The number of hydroxylamine groups is 2. The summed E-state index contributed by atoms with van der Waals surface area (Å²) in [5.41, 5.74) is 4.02. The number of carbonyl (C=O) groups is 2. The molecule has 0 N–H and O–H groups in total. The van der Waals surface area contributed by atoms with Crippen LogP contribution in [0.25, 0.3) is 11.1 Å². The van der Waals surface area contributed by atoms with Gasteiger partial charge in [-0.05, 0) is 62.1 Å². The number of alkyl halides is 2. The first-order valence-electron chi connectivity index (χ1n) is 17.2. The molecule has 0 radical (unpaired) electrons. The largest absolute Gasteiger partial charge is 0.496 e. The number of benzene rings is 2. The van der Waals surface area contributed by atoms with Crippen molar-refractivity contribution in [2.45, 2.75) is 58.0 Å². The second-order valence-corrected chi connectivity index (χ2v) is 13.5. The van der Waals surface area contributed by atoms with E-state index in [0.29, 0.717) is 72.5 Å². The van der Waals surface area contributed by atoms with Gasteiger partial charge in [0.1, 0.15) is 17.3 Å². The van der Waals surface area contributed by atoms with E-state index in [2.05, 4.69) is 0 Å². The van der Waals surface area contributed by atoms with E-state index in [1.165, 1.54) is 30.9 Å². The number of nitrogens with zero attached hydrogens (tertiary/aromatic N) is 5. The number of hydrogen-bond donors (Lipinski definition) is 0. The fourth-order valence-electron chi connectivity index (χ4n) is 7.38. The number of ether oxygens (including phenoxy) is 2. The standard InChI is InChI=1S/C37H44F3N5O6/c1-23-24(2)36(48)41(3)20-27(23)25-17-31(49-4)28(32(18-25)50-5)21-42-12-11-33(37(39,40)22-42)44-15-13-43(14-16-44)30-10-9-26(19-29(30)38)51-45-34(46)7-6-8-35(45)47/h9-10,17-20,33H,6-8,11-16,21-22H2,1-5H3. The molecular weight excluding hydrogens is 667 g/mol. The summed E-state index contributed by atoms with van der Waals surface area (Å²) in [6.07, 6.45) is 2.86. The Morgan fingerprint density at radius 2 is 1.53 bits per heavy atom. The molecule has 274 valence electrons. The monoisotopic (exact) mass is 711 g/mol. The van der Waals surface area contributed by atoms with Crippen LogP contribution in [0, 0.1) is 19.7 Å². The second-order valence-electron chi connectivity index (χ2n) is 13.5. The maximum atomic E-state index is 15.9. The number of rotatable bonds is 9. The first-order valence-corrected chi connectivity index (χ1v) is 17.2. The van der Waals surface area contributed by atoms with Gasteiger partial charge in [-0.2, -0.15) is 0 Å². The smallest absolute Gasteiger partial charge is 0.275 e. The molecule has 6 rings (SSSR count). The van der Waals surface area contributed by atoms with E-state index in [1.54, 1.807) is 34.9 Å². The average molecular weight is 712 g/mol. The van der Waals surface area contributed by atoms with Crippen molar-refractivity contribution < 1.29 is 37.1 Å². The number of amides is 2. The Hall–Kier alpha value is -4.56. The summed E-state index contributed by atoms with van der Waals surface area (Å²) >= 11 is 0. The van der Waals surface area contributed by atoms with Crippen molar-refractivity contribution in [3.63, 3.8) is 0 Å². The van der Waals surface area contributed by atoms with Crippen LogP contribution in [0.15, 0.2) is 41.3 Å². The van der Waals surface area contributed by atoms with E-state index >= 15 is 13.2 Å². The van der Waals surface area contributed by atoms with Crippen molar-refractivity contribution in [3.8, 4) is 28.4 Å². The van der Waals surface area contributed by atoms with E-state index in [4.69, 9.17) is 14.3 Å². The molecule has 1 unspecified atom stereocenters. The highest BCUT2D eigenvalue weighted by molar-refractivity contribution is 5.96. The summed E-state index contributed by atoms with van der Waals surface area (Å²) in [7, 11) is 4.78. The van der Waals surface area contributed by atoms with Gasteiger partial charge in [-0.1, -0.05) is 0 Å². The number of pyridine rings is 1. The molecule has 0 saturated carbocycles. The Balaban J connectivity index is 1.09. The van der Waals surface area contributed by atoms with Crippen LogP contribution in [0.5, 0.6) is 17.2 Å². The Morgan fingerprint density at radius 1 is 0.882 bits per heavy atom. The fourth-order valence-corrected chi connectivity index (χ4v) is 7.38. The minimum atomic E-state index is -3.00. The van der Waals surface area contributed by atoms with Crippen LogP contribution in [-0.2, 0) is 23.2 Å². The van der Waals surface area contributed by atoms with E-state index in [0.717, 1.165) is 22.8 Å². The highest BCUT2D eigenvalue weighted by Crippen LogP contribution is 2.39. The topological polar surface area (TPSA) is 96.8 Å². The van der Waals surface area contributed by atoms with Crippen molar-refractivity contribution in [1.29, 1.82) is 0 Å². The van der Waals surface area contributed by atoms with Gasteiger partial charge in [-0.3, -0.25) is 24.2 Å². The zero-order chi connectivity index (χ0) is 36.6. The number of hydrogen-bond acceptors (Lipinski definition) is 9. The second kappa shape index (κ2) is 14.6. The van der Waals surface area contributed by atoms with Crippen molar-refractivity contribution in [3.05, 3.63) is 69.4 Å². The first kappa shape index (κ1) is 36.2. The fraction of sp³-hybridized carbons (Fsp3) is 0.486. The molecular formula is C37H44F3N5O6. The molecule has 3 aliphatic rings. The summed E-state index contributed by atoms with van der Waals surface area (Å²) in [6, 6.07) is 6.90. The number of piperazine rings is 1. The lowest BCUT2D eigenvalue weighted by Crippen LogP contribution is -2.61. The summed E-state index contributed by atoms with van der Waals surface area (Å²) in [6.45, 7) is 5.25. The average Bonchev–Trinajstić information content (AvgIpc) is 3.10. The van der Waals surface area contributed by atoms with Gasteiger partial charge in [-0.15, -0.1) is 5.06 Å². The van der Waals surface area contributed by atoms with E-state index < -0.39 is 36.1 Å². The number of piperidine rings is 2. The molecule has 1 atom stereocenters. The van der Waals surface area contributed by atoms with Gasteiger partial charge in [0.05, 0.1) is 38.1 Å². The highest BCUT2D eigenvalue weighted by Gasteiger charge is 2.48. The third-order valence-electron chi connectivity index (χ3n) is 10.3. The molecule has 4 heterocycles. The Morgan fingerprint density at radius 3 is 2.12 bits per heavy atom. The maximum absolute atomic E-state index is 15.9. The van der Waals surface area contributed by atoms with Gasteiger partial charge in [0.2, 0.25) is 0 Å². The molecule has 1 aromatic heterocycles. The number of anilines is 1. The molecule has 3 fully saturated rings. The van der Waals surface area contributed by atoms with Crippen molar-refractivity contribution in [2.24, 2.45) is 7.05 Å². The number of imide groups is 1. The lowest BCUT2D eigenvalue weighted by Gasteiger charge is -2.46. The van der Waals surface area contributed by atoms with E-state index in [1.807, 2.05) is 19.1 Å². The Bertz CT molecular complexity index is 1830. The summed E-state index contributed by atoms with van der Waals surface area (Å²) in [5.74, 6) is -3.47. The lowest BCUT2D eigenvalue weighted by molar-refractivity contribution is -0.175. The third kappa shape index (κ3) is 7.29. The zero-order valence-electron chi connectivity index (χ0n) is 29.6. The predicted octanol–water partition coefficient (Wildman–Crippen LogP) is 4.69. The van der Waals surface area contributed by atoms with Crippen molar-refractivity contribution in [2.75, 3.05) is 58.4 Å². The maximum Gasteiger partial charge on any atom is 0.275 e. The van der Waals surface area contributed by atoms with Gasteiger partial charge in [0.15, 0.2) is 5.75 Å². The van der Waals surface area contributed by atoms with Crippen molar-refractivity contribution >= 4 is 17.5 Å². The number of halogens is 3. The number of aromatic nitrogens is 1. The normalized spacial score (nSPS) is 20.1. The highest BCUT2D eigenvalue weighted by atomic mass is 19.3. The van der Waals surface area contributed by atoms with Crippen LogP contribution in [-0.4, -0.2) is 96.7 Å². The third-order valence-corrected chi connectivity index (χ3v) is 10.3. The molecule has 14 heteroatoms. The first-order chi connectivity index (χ1) is 24.3. The molecule has 51 heavy (non-hydrogen) atoms. The molecule has 2 aromatic carbocycles. The Kier molecular flexibility index (Phi) is 10.4. The van der Waals surface area contributed by atoms with Gasteiger partial charge in [0, 0.05) is 82.5 Å². The SMILES string of the molecule is COc1cc(-c2cn(C)c(=O)c(C)c2C)cc(OC)c1CN1CCC(N2CCN(c3ccc(ON4C(=O)CCCC4=O)cc3F)CC2)C(F)(F)C1. The molecule has 3 saturated heterocycles. The number of carbonyl (C=O) groups excluding carboxylic acids is 2. The number of methoxy groups -OCH3 is 2. The predicted molar refractivity (Wildman–Crippen MR) is 185 cm³/mol. The van der Waals surface area contributed by atoms with Crippen LogP contribution < -0.4 is 24.8 Å². The van der Waals surface area contributed by atoms with E-state index in [-0.39, 0.29) is 37.1 Å². The van der Waals surface area contributed by atoms with Gasteiger partial charge in [0.25, 0.3) is 23.3 Å². The molecule has 3 aliphatic heterocycles. The molecule has 2 amide bonds.